The summed E-state index contributed by atoms with van der Waals surface area (Å²) in [6, 6.07) is 3.59. The van der Waals surface area contributed by atoms with Crippen LogP contribution in [0.25, 0.3) is 5.65 Å². The summed E-state index contributed by atoms with van der Waals surface area (Å²) in [4.78, 5) is 17.7. The Morgan fingerprint density at radius 3 is 2.87 bits per heavy atom. The maximum atomic E-state index is 12.4. The molecule has 3 aromatic rings. The number of nitrogens with zero attached hydrogens (tertiary/aromatic N) is 5. The highest BCUT2D eigenvalue weighted by molar-refractivity contribution is 7.05. The summed E-state index contributed by atoms with van der Waals surface area (Å²) >= 11 is 1.31. The maximum absolute atomic E-state index is 12.4. The van der Waals surface area contributed by atoms with Gasteiger partial charge in [-0.2, -0.15) is 5.10 Å². The molecule has 1 amide bonds. The summed E-state index contributed by atoms with van der Waals surface area (Å²) in [5, 5.41) is 11.3. The van der Waals surface area contributed by atoms with Gasteiger partial charge in [-0.05, 0) is 37.4 Å². The Balaban J connectivity index is 1.79. The van der Waals surface area contributed by atoms with E-state index in [9.17, 15) is 4.79 Å². The van der Waals surface area contributed by atoms with Crippen LogP contribution >= 0.6 is 11.5 Å². The standard InChI is InChI=1S/C15H18N6OS/c1-8(2)14-12(23-20-18-14)7-16-15(22)11-6-10(4)21-13(17-11)5-9(3)19-21/h5-6,8H,7H2,1-4H3,(H,16,22). The number of fused-ring (bicyclic) bond motifs is 1. The highest BCUT2D eigenvalue weighted by atomic mass is 32.1. The molecule has 1 N–H and O–H groups in total. The van der Waals surface area contributed by atoms with Gasteiger partial charge in [0, 0.05) is 11.8 Å². The summed E-state index contributed by atoms with van der Waals surface area (Å²) in [6.07, 6.45) is 0. The van der Waals surface area contributed by atoms with Gasteiger partial charge in [0.25, 0.3) is 5.91 Å². The first-order chi connectivity index (χ1) is 11.0. The highest BCUT2D eigenvalue weighted by Crippen LogP contribution is 2.19. The van der Waals surface area contributed by atoms with Crippen LogP contribution in [0.2, 0.25) is 0 Å². The zero-order chi connectivity index (χ0) is 16.6. The van der Waals surface area contributed by atoms with Gasteiger partial charge in [-0.15, -0.1) is 5.10 Å². The Hall–Kier alpha value is -2.35. The Morgan fingerprint density at radius 2 is 2.13 bits per heavy atom. The summed E-state index contributed by atoms with van der Waals surface area (Å²) in [7, 11) is 0. The van der Waals surface area contributed by atoms with Crippen LogP contribution in [0.1, 0.15) is 52.2 Å². The summed E-state index contributed by atoms with van der Waals surface area (Å²) < 4.78 is 5.70. The lowest BCUT2D eigenvalue weighted by molar-refractivity contribution is 0.0946. The molecule has 120 valence electrons. The molecule has 3 rings (SSSR count). The molecular weight excluding hydrogens is 312 g/mol. The van der Waals surface area contributed by atoms with Gasteiger partial charge in [0.2, 0.25) is 0 Å². The van der Waals surface area contributed by atoms with Gasteiger partial charge in [-0.25, -0.2) is 9.50 Å². The van der Waals surface area contributed by atoms with E-state index in [1.807, 2.05) is 19.9 Å². The first kappa shape index (κ1) is 15.5. The normalized spacial score (nSPS) is 11.3. The van der Waals surface area contributed by atoms with Crippen LogP contribution in [0.4, 0.5) is 0 Å². The maximum Gasteiger partial charge on any atom is 0.270 e. The summed E-state index contributed by atoms with van der Waals surface area (Å²) in [5.41, 5.74) is 3.74. The van der Waals surface area contributed by atoms with Crippen LogP contribution in [-0.4, -0.2) is 30.1 Å². The van der Waals surface area contributed by atoms with Crippen LogP contribution in [0, 0.1) is 13.8 Å². The Labute approximate surface area is 137 Å². The fraction of sp³-hybridized carbons (Fsp3) is 0.400. The average molecular weight is 330 g/mol. The Kier molecular flexibility index (Phi) is 4.08. The van der Waals surface area contributed by atoms with E-state index in [4.69, 9.17) is 0 Å². The zero-order valence-corrected chi connectivity index (χ0v) is 14.3. The SMILES string of the molecule is Cc1cc2nc(C(=O)NCc3snnc3C(C)C)cc(C)n2n1. The number of nitrogens with one attached hydrogen (secondary N) is 1. The molecule has 0 aliphatic heterocycles. The van der Waals surface area contributed by atoms with Crippen molar-refractivity contribution in [2.75, 3.05) is 0 Å². The van der Waals surface area contributed by atoms with Crippen molar-refractivity contribution < 1.29 is 4.79 Å². The minimum atomic E-state index is -0.211. The van der Waals surface area contributed by atoms with Gasteiger partial charge in [0.1, 0.15) is 5.69 Å². The van der Waals surface area contributed by atoms with Crippen molar-refractivity contribution in [3.63, 3.8) is 0 Å². The molecule has 0 saturated heterocycles. The van der Waals surface area contributed by atoms with Crippen molar-refractivity contribution in [1.82, 2.24) is 29.5 Å². The van der Waals surface area contributed by atoms with E-state index in [1.165, 1.54) is 11.5 Å². The predicted molar refractivity (Wildman–Crippen MR) is 87.6 cm³/mol. The topological polar surface area (TPSA) is 85.1 Å². The van der Waals surface area contributed by atoms with Crippen LogP contribution < -0.4 is 5.32 Å². The molecule has 23 heavy (non-hydrogen) atoms. The molecule has 0 aliphatic rings. The summed E-state index contributed by atoms with van der Waals surface area (Å²) in [5.74, 6) is 0.0738. The fourth-order valence-corrected chi connectivity index (χ4v) is 3.12. The first-order valence-corrected chi connectivity index (χ1v) is 8.16. The van der Waals surface area contributed by atoms with Crippen LogP contribution in [0.5, 0.6) is 0 Å². The quantitative estimate of drug-likeness (QED) is 0.793. The second-order valence-corrected chi connectivity index (χ2v) is 6.60. The van der Waals surface area contributed by atoms with E-state index in [0.717, 1.165) is 22.0 Å². The molecule has 0 radical (unpaired) electrons. The zero-order valence-electron chi connectivity index (χ0n) is 13.5. The third kappa shape index (κ3) is 3.07. The van der Waals surface area contributed by atoms with Crippen molar-refractivity contribution >= 4 is 23.1 Å². The van der Waals surface area contributed by atoms with E-state index in [-0.39, 0.29) is 11.8 Å². The van der Waals surface area contributed by atoms with E-state index < -0.39 is 0 Å². The van der Waals surface area contributed by atoms with Gasteiger partial charge in [0.05, 0.1) is 22.8 Å². The Morgan fingerprint density at radius 1 is 1.35 bits per heavy atom. The third-order valence-electron chi connectivity index (χ3n) is 3.50. The monoisotopic (exact) mass is 330 g/mol. The first-order valence-electron chi connectivity index (χ1n) is 7.39. The second kappa shape index (κ2) is 6.04. The van der Waals surface area contributed by atoms with Gasteiger partial charge in [-0.1, -0.05) is 18.3 Å². The molecule has 3 aromatic heterocycles. The van der Waals surface area contributed by atoms with Crippen LogP contribution in [-0.2, 0) is 6.54 Å². The lowest BCUT2D eigenvalue weighted by Crippen LogP contribution is -2.24. The van der Waals surface area contributed by atoms with Gasteiger partial charge < -0.3 is 5.32 Å². The number of carbonyl (C=O) groups excluding carboxylic acids is 1. The lowest BCUT2D eigenvalue weighted by atomic mass is 10.1. The fourth-order valence-electron chi connectivity index (χ4n) is 2.38. The smallest absolute Gasteiger partial charge is 0.270 e. The number of aromatic nitrogens is 5. The van der Waals surface area contributed by atoms with E-state index in [0.29, 0.717) is 17.9 Å². The average Bonchev–Trinajstić information content (AvgIpc) is 3.10. The molecule has 0 aromatic carbocycles. The number of hydrogen-bond acceptors (Lipinski definition) is 6. The summed E-state index contributed by atoms with van der Waals surface area (Å²) in [6.45, 7) is 8.33. The van der Waals surface area contributed by atoms with Crippen molar-refractivity contribution in [3.05, 3.63) is 39.8 Å². The molecule has 0 unspecified atom stereocenters. The third-order valence-corrected chi connectivity index (χ3v) is 4.24. The molecule has 0 fully saturated rings. The number of hydrogen-bond donors (Lipinski definition) is 1. The molecule has 3 heterocycles. The largest absolute Gasteiger partial charge is 0.346 e. The minimum Gasteiger partial charge on any atom is -0.346 e. The minimum absolute atomic E-state index is 0.211. The lowest BCUT2D eigenvalue weighted by Gasteiger charge is -2.07. The molecule has 0 bridgehead atoms. The van der Waals surface area contributed by atoms with Gasteiger partial charge >= 0.3 is 0 Å². The number of rotatable bonds is 4. The highest BCUT2D eigenvalue weighted by Gasteiger charge is 2.15. The van der Waals surface area contributed by atoms with Gasteiger partial charge in [-0.3, -0.25) is 4.79 Å². The van der Waals surface area contributed by atoms with Gasteiger partial charge in [0.15, 0.2) is 5.65 Å². The number of carbonyl (C=O) groups is 1. The van der Waals surface area contributed by atoms with Crippen molar-refractivity contribution in [1.29, 1.82) is 0 Å². The molecular formula is C15H18N6OS. The van der Waals surface area contributed by atoms with Crippen molar-refractivity contribution in [2.45, 2.75) is 40.2 Å². The van der Waals surface area contributed by atoms with E-state index >= 15 is 0 Å². The van der Waals surface area contributed by atoms with E-state index in [2.05, 4.69) is 38.8 Å². The van der Waals surface area contributed by atoms with Crippen LogP contribution in [0.15, 0.2) is 12.1 Å². The second-order valence-electron chi connectivity index (χ2n) is 5.76. The van der Waals surface area contributed by atoms with Crippen molar-refractivity contribution in [2.24, 2.45) is 0 Å². The molecule has 0 saturated carbocycles. The number of aryl methyl sites for hydroxylation is 2. The Bertz CT molecular complexity index is 866. The molecule has 0 spiro atoms. The molecule has 0 aliphatic carbocycles. The molecule has 8 heteroatoms. The van der Waals surface area contributed by atoms with Crippen LogP contribution in [0.3, 0.4) is 0 Å². The predicted octanol–water partition coefficient (Wildman–Crippen LogP) is 2.25. The molecule has 7 nitrogen and oxygen atoms in total. The van der Waals surface area contributed by atoms with Crippen molar-refractivity contribution in [3.8, 4) is 0 Å². The number of amides is 1. The van der Waals surface area contributed by atoms with E-state index in [1.54, 1.807) is 10.6 Å². The molecule has 0 atom stereocenters.